The lowest BCUT2D eigenvalue weighted by Crippen LogP contribution is -2.15. The molecular formula is C14H22N6. The van der Waals surface area contributed by atoms with Crippen molar-refractivity contribution < 1.29 is 0 Å². The molecule has 20 heavy (non-hydrogen) atoms. The molecule has 108 valence electrons. The molecule has 1 aliphatic rings. The maximum atomic E-state index is 4.58. The number of aromatic nitrogens is 5. The van der Waals surface area contributed by atoms with Gasteiger partial charge in [0.05, 0.1) is 5.69 Å². The van der Waals surface area contributed by atoms with Crippen molar-refractivity contribution in [3.05, 3.63) is 29.6 Å². The van der Waals surface area contributed by atoms with Crippen molar-refractivity contribution in [1.29, 1.82) is 0 Å². The summed E-state index contributed by atoms with van der Waals surface area (Å²) in [6.07, 6.45) is 7.43. The topological polar surface area (TPSA) is 60.6 Å². The number of nitrogens with one attached hydrogen (secondary N) is 1. The largest absolute Gasteiger partial charge is 0.310 e. The van der Waals surface area contributed by atoms with Crippen LogP contribution in [0.3, 0.4) is 0 Å². The van der Waals surface area contributed by atoms with E-state index in [0.29, 0.717) is 6.54 Å². The second-order valence-electron chi connectivity index (χ2n) is 5.49. The first-order valence-electron chi connectivity index (χ1n) is 7.39. The maximum absolute atomic E-state index is 4.58. The van der Waals surface area contributed by atoms with Crippen molar-refractivity contribution in [2.75, 3.05) is 0 Å². The quantitative estimate of drug-likeness (QED) is 0.831. The van der Waals surface area contributed by atoms with Gasteiger partial charge in [0.25, 0.3) is 0 Å². The Kier molecular flexibility index (Phi) is 3.82. The zero-order chi connectivity index (χ0) is 13.9. The van der Waals surface area contributed by atoms with Crippen LogP contribution in [0.15, 0.2) is 12.5 Å². The van der Waals surface area contributed by atoms with Gasteiger partial charge in [0.15, 0.2) is 0 Å². The first-order valence-corrected chi connectivity index (χ1v) is 7.39. The number of hydrogen-bond acceptors (Lipinski definition) is 4. The number of aryl methyl sites for hydroxylation is 2. The second-order valence-corrected chi connectivity index (χ2v) is 5.49. The third-order valence-corrected chi connectivity index (χ3v) is 3.64. The van der Waals surface area contributed by atoms with Crippen LogP contribution < -0.4 is 5.32 Å². The van der Waals surface area contributed by atoms with Crippen molar-refractivity contribution in [2.24, 2.45) is 0 Å². The summed E-state index contributed by atoms with van der Waals surface area (Å²) in [5.41, 5.74) is 2.37. The fourth-order valence-corrected chi connectivity index (χ4v) is 2.31. The molecule has 2 aromatic rings. The summed E-state index contributed by atoms with van der Waals surface area (Å²) in [4.78, 5) is 4.33. The Bertz CT molecular complexity index is 566. The average molecular weight is 274 g/mol. The van der Waals surface area contributed by atoms with E-state index in [1.165, 1.54) is 18.4 Å². The summed E-state index contributed by atoms with van der Waals surface area (Å²) < 4.78 is 3.93. The first kappa shape index (κ1) is 13.3. The molecule has 0 atom stereocenters. The molecule has 1 saturated carbocycles. The minimum absolute atomic E-state index is 0.685. The first-order chi connectivity index (χ1) is 9.76. The minimum atomic E-state index is 0.685. The molecule has 3 rings (SSSR count). The highest BCUT2D eigenvalue weighted by Crippen LogP contribution is 2.19. The Balaban J connectivity index is 1.67. The molecule has 1 fully saturated rings. The van der Waals surface area contributed by atoms with Crippen LogP contribution in [0.1, 0.15) is 43.3 Å². The van der Waals surface area contributed by atoms with Crippen LogP contribution in [-0.4, -0.2) is 30.6 Å². The van der Waals surface area contributed by atoms with Crippen molar-refractivity contribution in [1.82, 2.24) is 29.9 Å². The van der Waals surface area contributed by atoms with Crippen LogP contribution in [0.25, 0.3) is 0 Å². The lowest BCUT2D eigenvalue weighted by Gasteiger charge is -2.04. The van der Waals surface area contributed by atoms with Gasteiger partial charge in [0.2, 0.25) is 0 Å². The van der Waals surface area contributed by atoms with Crippen LogP contribution in [0.2, 0.25) is 0 Å². The predicted octanol–water partition coefficient (Wildman–Crippen LogP) is 1.49. The van der Waals surface area contributed by atoms with Gasteiger partial charge < -0.3 is 5.32 Å². The Morgan fingerprint density at radius 1 is 1.40 bits per heavy atom. The number of nitrogens with zero attached hydrogens (tertiary/aromatic N) is 5. The van der Waals surface area contributed by atoms with Crippen LogP contribution in [0.5, 0.6) is 0 Å². The smallest absolute Gasteiger partial charge is 0.148 e. The van der Waals surface area contributed by atoms with Gasteiger partial charge in [-0.25, -0.2) is 9.67 Å². The van der Waals surface area contributed by atoms with Gasteiger partial charge in [-0.15, -0.1) is 0 Å². The van der Waals surface area contributed by atoms with Crippen LogP contribution in [-0.2, 0) is 19.6 Å². The van der Waals surface area contributed by atoms with Crippen molar-refractivity contribution in [3.8, 4) is 0 Å². The molecule has 2 aromatic heterocycles. The summed E-state index contributed by atoms with van der Waals surface area (Å²) in [5.74, 6) is 0.969. The van der Waals surface area contributed by atoms with Gasteiger partial charge >= 0.3 is 0 Å². The maximum Gasteiger partial charge on any atom is 0.148 e. The van der Waals surface area contributed by atoms with Crippen molar-refractivity contribution in [3.63, 3.8) is 0 Å². The normalized spacial score (nSPS) is 14.9. The summed E-state index contributed by atoms with van der Waals surface area (Å²) in [7, 11) is 0. The van der Waals surface area contributed by atoms with E-state index in [9.17, 15) is 0 Å². The van der Waals surface area contributed by atoms with E-state index >= 15 is 0 Å². The van der Waals surface area contributed by atoms with Gasteiger partial charge in [-0.1, -0.05) is 6.92 Å². The molecule has 0 bridgehead atoms. The van der Waals surface area contributed by atoms with Gasteiger partial charge in [-0.3, -0.25) is 4.68 Å². The molecule has 0 aromatic carbocycles. The van der Waals surface area contributed by atoms with Gasteiger partial charge in [0, 0.05) is 30.9 Å². The molecule has 0 radical (unpaired) electrons. The lowest BCUT2D eigenvalue weighted by atomic mass is 10.2. The molecule has 0 saturated heterocycles. The molecule has 0 amide bonds. The second kappa shape index (κ2) is 5.75. The average Bonchev–Trinajstić information content (AvgIpc) is 3.06. The highest BCUT2D eigenvalue weighted by molar-refractivity contribution is 5.16. The Morgan fingerprint density at radius 3 is 3.00 bits per heavy atom. The van der Waals surface area contributed by atoms with E-state index in [1.54, 1.807) is 6.33 Å². The monoisotopic (exact) mass is 274 g/mol. The standard InChI is InChI=1S/C14H22N6/c1-3-6-20-14(16-10-17-20)9-19-8-12(11(2)18-19)7-15-13-4-5-13/h8,10,13,15H,3-7,9H2,1-2H3. The van der Waals surface area contributed by atoms with Crippen molar-refractivity contribution >= 4 is 0 Å². The highest BCUT2D eigenvalue weighted by atomic mass is 15.4. The minimum Gasteiger partial charge on any atom is -0.310 e. The van der Waals surface area contributed by atoms with E-state index in [2.05, 4.69) is 40.5 Å². The molecule has 2 heterocycles. The zero-order valence-corrected chi connectivity index (χ0v) is 12.2. The van der Waals surface area contributed by atoms with E-state index in [1.807, 2.05) is 9.36 Å². The van der Waals surface area contributed by atoms with E-state index in [0.717, 1.165) is 37.1 Å². The third-order valence-electron chi connectivity index (χ3n) is 3.64. The molecule has 0 spiro atoms. The van der Waals surface area contributed by atoms with E-state index < -0.39 is 0 Å². The summed E-state index contributed by atoms with van der Waals surface area (Å²) in [5, 5.41) is 12.4. The number of hydrogen-bond donors (Lipinski definition) is 1. The third kappa shape index (κ3) is 3.07. The summed E-state index contributed by atoms with van der Waals surface area (Å²) in [6, 6.07) is 0.727. The van der Waals surface area contributed by atoms with Crippen LogP contribution >= 0.6 is 0 Å². The van der Waals surface area contributed by atoms with Crippen molar-refractivity contribution in [2.45, 2.75) is 58.8 Å². The summed E-state index contributed by atoms with van der Waals surface area (Å²) >= 11 is 0. The lowest BCUT2D eigenvalue weighted by molar-refractivity contribution is 0.538. The van der Waals surface area contributed by atoms with E-state index in [-0.39, 0.29) is 0 Å². The Labute approximate surface area is 119 Å². The van der Waals surface area contributed by atoms with Crippen LogP contribution in [0, 0.1) is 6.92 Å². The number of rotatable bonds is 7. The SMILES string of the molecule is CCCn1ncnc1Cn1cc(CNC2CC2)c(C)n1. The van der Waals surface area contributed by atoms with Gasteiger partial charge in [0.1, 0.15) is 18.7 Å². The molecular weight excluding hydrogens is 252 g/mol. The molecule has 0 aliphatic heterocycles. The Hall–Kier alpha value is -1.69. The van der Waals surface area contributed by atoms with Gasteiger partial charge in [-0.2, -0.15) is 10.2 Å². The Morgan fingerprint density at radius 2 is 2.25 bits per heavy atom. The molecule has 1 aliphatic carbocycles. The highest BCUT2D eigenvalue weighted by Gasteiger charge is 2.20. The summed E-state index contributed by atoms with van der Waals surface area (Å²) in [6.45, 7) is 6.72. The fourth-order valence-electron chi connectivity index (χ4n) is 2.31. The fraction of sp³-hybridized carbons (Fsp3) is 0.643. The van der Waals surface area contributed by atoms with Crippen LogP contribution in [0.4, 0.5) is 0 Å². The predicted molar refractivity (Wildman–Crippen MR) is 76.2 cm³/mol. The van der Waals surface area contributed by atoms with E-state index in [4.69, 9.17) is 0 Å². The molecule has 0 unspecified atom stereocenters. The zero-order valence-electron chi connectivity index (χ0n) is 12.2. The molecule has 6 nitrogen and oxygen atoms in total. The van der Waals surface area contributed by atoms with Gasteiger partial charge in [-0.05, 0) is 26.2 Å². The molecule has 1 N–H and O–H groups in total. The molecule has 6 heteroatoms.